The molecule has 100 valence electrons. The quantitative estimate of drug-likeness (QED) is 0.780. The summed E-state index contributed by atoms with van der Waals surface area (Å²) in [6.45, 7) is 7.80. The molecule has 0 unspecified atom stereocenters. The average molecular weight is 268 g/mol. The number of fused-ring (bicyclic) bond motifs is 6. The summed E-state index contributed by atoms with van der Waals surface area (Å²) in [6.07, 6.45) is -0.939. The Hall–Kier alpha value is -2.20. The summed E-state index contributed by atoms with van der Waals surface area (Å²) in [5.74, 6) is -1.64. The largest absolute Gasteiger partial charge is 0.507 e. The Balaban J connectivity index is 1.95. The Bertz CT molecular complexity index is 715. The third-order valence-electron chi connectivity index (χ3n) is 4.59. The molecule has 4 atom stereocenters. The molecule has 0 radical (unpaired) electrons. The lowest BCUT2D eigenvalue weighted by Crippen LogP contribution is -2.44. The van der Waals surface area contributed by atoms with Crippen LogP contribution < -0.4 is 0 Å². The first-order valence-corrected chi connectivity index (χ1v) is 6.46. The molecular weight excluding hydrogens is 256 g/mol. The van der Waals surface area contributed by atoms with Gasteiger partial charge in [0.25, 0.3) is 0 Å². The van der Waals surface area contributed by atoms with Crippen LogP contribution in [-0.2, 0) is 4.74 Å². The lowest BCUT2D eigenvalue weighted by Gasteiger charge is -2.32. The van der Waals surface area contributed by atoms with Gasteiger partial charge in [-0.3, -0.25) is 9.59 Å². The highest BCUT2D eigenvalue weighted by atomic mass is 16.5. The van der Waals surface area contributed by atoms with E-state index in [2.05, 4.69) is 13.2 Å². The van der Waals surface area contributed by atoms with Crippen LogP contribution in [0.15, 0.2) is 42.5 Å². The van der Waals surface area contributed by atoms with E-state index in [0.717, 1.165) is 0 Å². The first-order chi connectivity index (χ1) is 9.52. The van der Waals surface area contributed by atoms with Gasteiger partial charge in [-0.05, 0) is 17.2 Å². The summed E-state index contributed by atoms with van der Waals surface area (Å²) < 4.78 is 5.73. The molecule has 2 heterocycles. The molecule has 2 saturated heterocycles. The van der Waals surface area contributed by atoms with E-state index in [-0.39, 0.29) is 28.4 Å². The Morgan fingerprint density at radius 3 is 2.25 bits per heavy atom. The van der Waals surface area contributed by atoms with Gasteiger partial charge in [0, 0.05) is 5.56 Å². The normalized spacial score (nSPS) is 34.4. The van der Waals surface area contributed by atoms with Crippen LogP contribution in [0, 0.1) is 11.8 Å². The number of phenolic OH excluding ortho intramolecular Hbond substituents is 1. The molecule has 1 aromatic carbocycles. The smallest absolute Gasteiger partial charge is 0.174 e. The van der Waals surface area contributed by atoms with Gasteiger partial charge in [0.05, 0.1) is 29.6 Å². The maximum absolute atomic E-state index is 12.6. The van der Waals surface area contributed by atoms with Crippen LogP contribution in [-0.4, -0.2) is 28.9 Å². The maximum atomic E-state index is 12.6. The van der Waals surface area contributed by atoms with Crippen LogP contribution in [0.2, 0.25) is 0 Å². The molecule has 1 aliphatic carbocycles. The standard InChI is InChI=1S/C16H12O4/c1-6-7(2)16-12-11(15(6)20-16)13(18)8-4-3-5-9(17)10(8)14(12)19/h3-5,11-12,15-17H,1-2H2/t11-,12+,15-,16+/m0/s1. The van der Waals surface area contributed by atoms with E-state index in [4.69, 9.17) is 4.74 Å². The van der Waals surface area contributed by atoms with Gasteiger partial charge in [0.15, 0.2) is 11.6 Å². The number of rotatable bonds is 0. The number of hydrogen-bond donors (Lipinski definition) is 1. The highest BCUT2D eigenvalue weighted by molar-refractivity contribution is 6.18. The summed E-state index contributed by atoms with van der Waals surface area (Å²) in [7, 11) is 0. The second-order valence-electron chi connectivity index (χ2n) is 5.51. The fraction of sp³-hybridized carbons (Fsp3) is 0.250. The van der Waals surface area contributed by atoms with E-state index >= 15 is 0 Å². The molecule has 0 saturated carbocycles. The van der Waals surface area contributed by atoms with E-state index in [1.807, 2.05) is 0 Å². The number of Topliss-reactive ketones (excluding diaryl/α,β-unsaturated/α-hetero) is 2. The molecule has 4 rings (SSSR count). The predicted octanol–water partition coefficient (Wildman–Crippen LogP) is 1.90. The summed E-state index contributed by atoms with van der Waals surface area (Å²) in [5.41, 5.74) is 1.80. The van der Waals surface area contributed by atoms with Crippen molar-refractivity contribution in [2.45, 2.75) is 12.2 Å². The van der Waals surface area contributed by atoms with Crippen LogP contribution in [0.3, 0.4) is 0 Å². The van der Waals surface area contributed by atoms with Gasteiger partial charge in [0.2, 0.25) is 0 Å². The van der Waals surface area contributed by atoms with Gasteiger partial charge in [-0.2, -0.15) is 0 Å². The second-order valence-corrected chi connectivity index (χ2v) is 5.51. The van der Waals surface area contributed by atoms with Crippen molar-refractivity contribution < 1.29 is 19.4 Å². The highest BCUT2D eigenvalue weighted by Crippen LogP contribution is 2.53. The van der Waals surface area contributed by atoms with Crippen molar-refractivity contribution >= 4 is 11.6 Å². The summed E-state index contributed by atoms with van der Waals surface area (Å²) >= 11 is 0. The van der Waals surface area contributed by atoms with Crippen LogP contribution in [0.4, 0.5) is 0 Å². The zero-order valence-electron chi connectivity index (χ0n) is 10.6. The summed E-state index contributed by atoms with van der Waals surface area (Å²) in [6, 6.07) is 4.57. The van der Waals surface area contributed by atoms with Crippen molar-refractivity contribution in [2.24, 2.45) is 11.8 Å². The monoisotopic (exact) mass is 268 g/mol. The Kier molecular flexibility index (Phi) is 2.01. The number of ether oxygens (including phenoxy) is 1. The first-order valence-electron chi connectivity index (χ1n) is 6.46. The minimum atomic E-state index is -0.578. The van der Waals surface area contributed by atoms with Crippen molar-refractivity contribution in [1.29, 1.82) is 0 Å². The zero-order valence-corrected chi connectivity index (χ0v) is 10.6. The molecule has 1 N–H and O–H groups in total. The van der Waals surface area contributed by atoms with Crippen LogP contribution in [0.5, 0.6) is 5.75 Å². The van der Waals surface area contributed by atoms with Crippen molar-refractivity contribution in [3.63, 3.8) is 0 Å². The van der Waals surface area contributed by atoms with Gasteiger partial charge in [-0.1, -0.05) is 25.3 Å². The minimum absolute atomic E-state index is 0.119. The molecule has 4 heteroatoms. The van der Waals surface area contributed by atoms with Gasteiger partial charge < -0.3 is 9.84 Å². The third-order valence-corrected chi connectivity index (χ3v) is 4.59. The molecule has 0 aromatic heterocycles. The van der Waals surface area contributed by atoms with Gasteiger partial charge in [0.1, 0.15) is 5.75 Å². The SMILES string of the molecule is C=C1C(=C)[C@@H]2O[C@H]1[C@H]1C(=O)c3c(O)cccc3C(=O)[C@H]12. The van der Waals surface area contributed by atoms with Crippen LogP contribution >= 0.6 is 0 Å². The Morgan fingerprint density at radius 2 is 1.60 bits per heavy atom. The number of hydrogen-bond acceptors (Lipinski definition) is 4. The van der Waals surface area contributed by atoms with E-state index in [1.54, 1.807) is 12.1 Å². The molecule has 1 aromatic rings. The molecule has 0 spiro atoms. The molecule has 2 fully saturated rings. The number of aromatic hydroxyl groups is 1. The zero-order chi connectivity index (χ0) is 14.2. The molecule has 4 nitrogen and oxygen atoms in total. The summed E-state index contributed by atoms with van der Waals surface area (Å²) in [5, 5.41) is 9.90. The topological polar surface area (TPSA) is 63.6 Å². The van der Waals surface area contributed by atoms with E-state index in [1.165, 1.54) is 6.07 Å². The number of phenols is 1. The fourth-order valence-corrected chi connectivity index (χ4v) is 3.62. The lowest BCUT2D eigenvalue weighted by atomic mass is 9.65. The third kappa shape index (κ3) is 1.11. The van der Waals surface area contributed by atoms with Gasteiger partial charge in [-0.15, -0.1) is 0 Å². The van der Waals surface area contributed by atoms with Crippen molar-refractivity contribution in [3.05, 3.63) is 53.6 Å². The van der Waals surface area contributed by atoms with Crippen molar-refractivity contribution in [1.82, 2.24) is 0 Å². The van der Waals surface area contributed by atoms with Crippen LogP contribution in [0.1, 0.15) is 20.7 Å². The average Bonchev–Trinajstić information content (AvgIpc) is 2.94. The van der Waals surface area contributed by atoms with Crippen molar-refractivity contribution in [2.75, 3.05) is 0 Å². The maximum Gasteiger partial charge on any atom is 0.174 e. The molecular formula is C16H12O4. The summed E-state index contributed by atoms with van der Waals surface area (Å²) in [4.78, 5) is 25.3. The van der Waals surface area contributed by atoms with Gasteiger partial charge in [-0.25, -0.2) is 0 Å². The van der Waals surface area contributed by atoms with E-state index < -0.39 is 24.0 Å². The molecule has 2 aliphatic heterocycles. The number of ketones is 2. The van der Waals surface area contributed by atoms with Crippen LogP contribution in [0.25, 0.3) is 0 Å². The molecule has 20 heavy (non-hydrogen) atoms. The molecule has 0 amide bonds. The fourth-order valence-electron chi connectivity index (χ4n) is 3.62. The Labute approximate surface area is 115 Å². The van der Waals surface area contributed by atoms with Crippen molar-refractivity contribution in [3.8, 4) is 5.75 Å². The molecule has 2 bridgehead atoms. The molecule has 3 aliphatic rings. The number of carbonyl (C=O) groups is 2. The van der Waals surface area contributed by atoms with E-state index in [9.17, 15) is 14.7 Å². The van der Waals surface area contributed by atoms with E-state index in [0.29, 0.717) is 11.1 Å². The minimum Gasteiger partial charge on any atom is -0.507 e. The first kappa shape index (κ1) is 11.6. The highest BCUT2D eigenvalue weighted by Gasteiger charge is 2.61. The predicted molar refractivity (Wildman–Crippen MR) is 70.7 cm³/mol. The van der Waals surface area contributed by atoms with Gasteiger partial charge >= 0.3 is 0 Å². The Morgan fingerprint density at radius 1 is 1.00 bits per heavy atom. The second kappa shape index (κ2) is 3.46. The lowest BCUT2D eigenvalue weighted by molar-refractivity contribution is 0.0743. The number of benzene rings is 1. The number of carbonyl (C=O) groups excluding carboxylic acids is 2.